The highest BCUT2D eigenvalue weighted by atomic mass is 19.1. The molecule has 160 valence electrons. The van der Waals surface area contributed by atoms with Crippen LogP contribution in [0.1, 0.15) is 42.9 Å². The zero-order chi connectivity index (χ0) is 22.1. The van der Waals surface area contributed by atoms with Gasteiger partial charge in [0, 0.05) is 36.8 Å². The van der Waals surface area contributed by atoms with Crippen molar-refractivity contribution >= 4 is 23.0 Å². The second-order valence-corrected chi connectivity index (χ2v) is 9.42. The van der Waals surface area contributed by atoms with Crippen molar-refractivity contribution in [1.29, 1.82) is 5.26 Å². The predicted molar refractivity (Wildman–Crippen MR) is 112 cm³/mol. The van der Waals surface area contributed by atoms with E-state index in [0.717, 1.165) is 42.8 Å². The minimum atomic E-state index is -0.655. The molecule has 2 aromatic carbocycles. The van der Waals surface area contributed by atoms with Gasteiger partial charge in [0.25, 0.3) is 0 Å². The first-order valence-corrected chi connectivity index (χ1v) is 10.6. The van der Waals surface area contributed by atoms with E-state index in [1.54, 1.807) is 18.3 Å². The van der Waals surface area contributed by atoms with Crippen molar-refractivity contribution in [2.45, 2.75) is 38.3 Å². The number of nitrogens with zero attached hydrogens (tertiary/aromatic N) is 5. The van der Waals surface area contributed by atoms with Gasteiger partial charge in [-0.2, -0.15) is 15.5 Å². The zero-order valence-electron chi connectivity index (χ0n) is 17.1. The number of hydrazone groups is 1. The van der Waals surface area contributed by atoms with Crippen molar-refractivity contribution in [2.75, 3.05) is 0 Å². The molecule has 0 saturated heterocycles. The first-order valence-electron chi connectivity index (χ1n) is 10.6. The zero-order valence-corrected chi connectivity index (χ0v) is 17.1. The normalized spacial score (nSPS) is 27.8. The molecule has 1 unspecified atom stereocenters. The summed E-state index contributed by atoms with van der Waals surface area (Å²) in [5.41, 5.74) is 1.40. The summed E-state index contributed by atoms with van der Waals surface area (Å²) in [6.07, 6.45) is 6.33. The van der Waals surface area contributed by atoms with Crippen LogP contribution in [-0.2, 0) is 11.3 Å². The fraction of sp³-hybridized carbons (Fsp3) is 0.333. The van der Waals surface area contributed by atoms with E-state index in [2.05, 4.69) is 16.3 Å². The highest BCUT2D eigenvalue weighted by Gasteiger charge is 2.72. The minimum absolute atomic E-state index is 0.0413. The van der Waals surface area contributed by atoms with E-state index >= 15 is 0 Å². The molecule has 32 heavy (non-hydrogen) atoms. The third-order valence-corrected chi connectivity index (χ3v) is 7.08. The SMILES string of the molecule is N#Cc1ccc2cn(CC34CC(C(=O)N5N=CCC5c5cc(F)cc(F)c5)(C3)C4)nc2c1. The smallest absolute Gasteiger partial charge is 0.249 e. The Kier molecular flexibility index (Phi) is 3.85. The lowest BCUT2D eigenvalue weighted by Gasteiger charge is -2.69. The van der Waals surface area contributed by atoms with Gasteiger partial charge in [-0.05, 0) is 60.6 Å². The van der Waals surface area contributed by atoms with E-state index in [0.29, 0.717) is 17.5 Å². The number of amides is 1. The highest BCUT2D eigenvalue weighted by molar-refractivity contribution is 5.88. The summed E-state index contributed by atoms with van der Waals surface area (Å²) in [6.45, 7) is 0.723. The molecule has 3 aromatic rings. The number of hydrogen-bond acceptors (Lipinski definition) is 4. The van der Waals surface area contributed by atoms with Gasteiger partial charge in [0.1, 0.15) is 11.6 Å². The Balaban J connectivity index is 1.16. The van der Waals surface area contributed by atoms with Crippen molar-refractivity contribution in [3.63, 3.8) is 0 Å². The van der Waals surface area contributed by atoms with Crippen LogP contribution >= 0.6 is 0 Å². The van der Waals surface area contributed by atoms with Crippen LogP contribution in [0, 0.1) is 33.8 Å². The van der Waals surface area contributed by atoms with Crippen molar-refractivity contribution in [3.8, 4) is 6.07 Å². The molecule has 2 bridgehead atoms. The summed E-state index contributed by atoms with van der Waals surface area (Å²) in [6, 6.07) is 10.5. The van der Waals surface area contributed by atoms with Crippen molar-refractivity contribution in [1.82, 2.24) is 14.8 Å². The first-order chi connectivity index (χ1) is 15.4. The number of hydrogen-bond donors (Lipinski definition) is 0. The Morgan fingerprint density at radius 2 is 1.91 bits per heavy atom. The average Bonchev–Trinajstić information content (AvgIpc) is 3.34. The molecule has 1 atom stereocenters. The lowest BCUT2D eigenvalue weighted by molar-refractivity contribution is -0.223. The lowest BCUT2D eigenvalue weighted by atomic mass is 9.34. The van der Waals surface area contributed by atoms with Crippen LogP contribution in [0.3, 0.4) is 0 Å². The summed E-state index contributed by atoms with van der Waals surface area (Å²) >= 11 is 0. The monoisotopic (exact) mass is 431 g/mol. The van der Waals surface area contributed by atoms with E-state index in [4.69, 9.17) is 5.26 Å². The topological polar surface area (TPSA) is 74.3 Å². The second kappa shape index (κ2) is 6.45. The summed E-state index contributed by atoms with van der Waals surface area (Å²) < 4.78 is 29.3. The molecule has 0 N–H and O–H groups in total. The lowest BCUT2D eigenvalue weighted by Crippen LogP contribution is -2.68. The van der Waals surface area contributed by atoms with Gasteiger partial charge in [0.2, 0.25) is 5.91 Å². The maximum atomic E-state index is 13.7. The van der Waals surface area contributed by atoms with Gasteiger partial charge < -0.3 is 0 Å². The van der Waals surface area contributed by atoms with E-state index in [9.17, 15) is 13.6 Å². The number of aromatic nitrogens is 2. The predicted octanol–water partition coefficient (Wildman–Crippen LogP) is 4.32. The fourth-order valence-electron chi connectivity index (χ4n) is 5.85. The Labute approximate surface area is 182 Å². The largest absolute Gasteiger partial charge is 0.272 e. The van der Waals surface area contributed by atoms with Gasteiger partial charge in [-0.15, -0.1) is 0 Å². The first kappa shape index (κ1) is 19.1. The van der Waals surface area contributed by atoms with Crippen LogP contribution in [0.15, 0.2) is 47.7 Å². The van der Waals surface area contributed by atoms with Gasteiger partial charge in [-0.1, -0.05) is 0 Å². The van der Waals surface area contributed by atoms with Crippen LogP contribution in [0.5, 0.6) is 0 Å². The van der Waals surface area contributed by atoms with E-state index < -0.39 is 23.1 Å². The third kappa shape index (κ3) is 2.77. The molecule has 3 aliphatic carbocycles. The van der Waals surface area contributed by atoms with Crippen LogP contribution in [0.4, 0.5) is 8.78 Å². The number of carbonyl (C=O) groups is 1. The van der Waals surface area contributed by atoms with E-state index in [1.165, 1.54) is 17.1 Å². The molecule has 8 heteroatoms. The van der Waals surface area contributed by atoms with Crippen LogP contribution in [0.25, 0.3) is 10.9 Å². The minimum Gasteiger partial charge on any atom is -0.272 e. The summed E-state index contributed by atoms with van der Waals surface area (Å²) in [4.78, 5) is 13.3. The Morgan fingerprint density at radius 3 is 2.62 bits per heavy atom. The number of halogens is 2. The van der Waals surface area contributed by atoms with Gasteiger partial charge in [0.15, 0.2) is 0 Å². The number of carbonyl (C=O) groups excluding carboxylic acids is 1. The van der Waals surface area contributed by atoms with Gasteiger partial charge in [0.05, 0.1) is 28.6 Å². The molecule has 7 rings (SSSR count). The standard InChI is InChI=1S/C24H19F2N5O/c25-18-6-17(7-19(26)8-18)21-3-4-28-31(21)22(32)24-11-23(12-24,13-24)14-30-10-16-2-1-15(9-27)5-20(16)29-30/h1-2,4-8,10,21H,3,11-14H2. The molecule has 6 nitrogen and oxygen atoms in total. The van der Waals surface area contributed by atoms with Crippen molar-refractivity contribution in [3.05, 3.63) is 65.4 Å². The maximum absolute atomic E-state index is 13.7. The molecule has 1 aromatic heterocycles. The third-order valence-electron chi connectivity index (χ3n) is 7.08. The molecule has 1 aliphatic heterocycles. The average molecular weight is 431 g/mol. The van der Waals surface area contributed by atoms with Gasteiger partial charge in [-0.25, -0.2) is 13.8 Å². The number of fused-ring (bicyclic) bond motifs is 1. The molecule has 0 radical (unpaired) electrons. The number of nitriles is 1. The molecule has 1 amide bonds. The van der Waals surface area contributed by atoms with E-state index in [1.807, 2.05) is 16.9 Å². The molecule has 3 saturated carbocycles. The maximum Gasteiger partial charge on any atom is 0.249 e. The quantitative estimate of drug-likeness (QED) is 0.618. The van der Waals surface area contributed by atoms with Crippen molar-refractivity contribution in [2.24, 2.45) is 15.9 Å². The Hall–Kier alpha value is -3.60. The van der Waals surface area contributed by atoms with Gasteiger partial charge in [-0.3, -0.25) is 9.48 Å². The summed E-state index contributed by atoms with van der Waals surface area (Å²) in [5.74, 6) is -1.37. The second-order valence-electron chi connectivity index (χ2n) is 9.42. The number of rotatable bonds is 4. The summed E-state index contributed by atoms with van der Waals surface area (Å²) in [5, 5.41) is 20.3. The van der Waals surface area contributed by atoms with Crippen molar-refractivity contribution < 1.29 is 13.6 Å². The summed E-state index contributed by atoms with van der Waals surface area (Å²) in [7, 11) is 0. The van der Waals surface area contributed by atoms with Crippen LogP contribution < -0.4 is 0 Å². The molecule has 3 fully saturated rings. The Bertz CT molecular complexity index is 1310. The van der Waals surface area contributed by atoms with Gasteiger partial charge >= 0.3 is 0 Å². The van der Waals surface area contributed by atoms with Crippen LogP contribution in [-0.4, -0.2) is 26.9 Å². The molecular weight excluding hydrogens is 412 g/mol. The number of benzene rings is 2. The highest BCUT2D eigenvalue weighted by Crippen LogP contribution is 2.74. The fourth-order valence-corrected chi connectivity index (χ4v) is 5.85. The molecule has 4 aliphatic rings. The molecular formula is C24H19F2N5O. The van der Waals surface area contributed by atoms with Crippen LogP contribution in [0.2, 0.25) is 0 Å². The Morgan fingerprint density at radius 1 is 1.16 bits per heavy atom. The molecule has 2 heterocycles. The molecule has 0 spiro atoms. The van der Waals surface area contributed by atoms with E-state index in [-0.39, 0.29) is 11.3 Å².